The number of alkyl halides is 5. The number of carbonyl (C=O) groups is 2. The Labute approximate surface area is 167 Å². The second kappa shape index (κ2) is 8.90. The van der Waals surface area contributed by atoms with Crippen molar-refractivity contribution in [1.29, 1.82) is 0 Å². The van der Waals surface area contributed by atoms with Crippen LogP contribution in [0.3, 0.4) is 0 Å². The maximum Gasteiger partial charge on any atom is 0.490 e. The van der Waals surface area contributed by atoms with E-state index in [0.29, 0.717) is 6.54 Å². The summed E-state index contributed by atoms with van der Waals surface area (Å²) in [7, 11) is 0. The van der Waals surface area contributed by atoms with E-state index < -0.39 is 36.4 Å². The molecule has 1 aromatic carbocycles. The van der Waals surface area contributed by atoms with Crippen molar-refractivity contribution in [2.75, 3.05) is 13.1 Å². The molecule has 1 aromatic heterocycles. The number of rotatable bonds is 3. The van der Waals surface area contributed by atoms with Crippen molar-refractivity contribution in [2.24, 2.45) is 5.92 Å². The van der Waals surface area contributed by atoms with E-state index in [0.717, 1.165) is 22.2 Å². The lowest BCUT2D eigenvalue weighted by Crippen LogP contribution is -2.49. The quantitative estimate of drug-likeness (QED) is 0.716. The molecule has 1 aliphatic heterocycles. The lowest BCUT2D eigenvalue weighted by atomic mass is 9.93. The highest BCUT2D eigenvalue weighted by Gasteiger charge is 2.48. The van der Waals surface area contributed by atoms with Crippen LogP contribution in [0, 0.1) is 12.8 Å². The number of aliphatic carboxylic acids is 2. The summed E-state index contributed by atoms with van der Waals surface area (Å²) >= 11 is 0. The zero-order valence-electron chi connectivity index (χ0n) is 15.8. The Morgan fingerprint density at radius 1 is 1.20 bits per heavy atom. The van der Waals surface area contributed by atoms with Crippen LogP contribution in [0.25, 0.3) is 10.9 Å². The van der Waals surface area contributed by atoms with Crippen LogP contribution >= 0.6 is 0 Å². The van der Waals surface area contributed by atoms with E-state index in [2.05, 4.69) is 4.98 Å². The molecule has 1 atom stereocenters. The number of halogens is 5. The van der Waals surface area contributed by atoms with Gasteiger partial charge in [0, 0.05) is 37.1 Å². The van der Waals surface area contributed by atoms with Gasteiger partial charge in [0.1, 0.15) is 5.92 Å². The number of carboxylic acid groups (broad SMARTS) is 2. The largest absolute Gasteiger partial charge is 0.490 e. The molecule has 0 aliphatic carbocycles. The predicted molar refractivity (Wildman–Crippen MR) is 96.1 cm³/mol. The van der Waals surface area contributed by atoms with E-state index in [1.807, 2.05) is 37.3 Å². The van der Waals surface area contributed by atoms with Crippen molar-refractivity contribution < 1.29 is 41.8 Å². The number of nitrogens with zero attached hydrogens (tertiary/aromatic N) is 2. The summed E-state index contributed by atoms with van der Waals surface area (Å²) in [5.74, 6) is -8.96. The molecule has 1 fully saturated rings. The molecule has 0 amide bonds. The van der Waals surface area contributed by atoms with Crippen molar-refractivity contribution >= 4 is 22.8 Å². The lowest BCUT2D eigenvalue weighted by molar-refractivity contribution is -0.192. The van der Waals surface area contributed by atoms with Gasteiger partial charge < -0.3 is 10.2 Å². The molecule has 2 aromatic rings. The number of benzene rings is 1. The van der Waals surface area contributed by atoms with Gasteiger partial charge in [0.05, 0.1) is 5.52 Å². The first-order valence-corrected chi connectivity index (χ1v) is 8.79. The number of hydrogen-bond acceptors (Lipinski definition) is 4. The Morgan fingerprint density at radius 2 is 1.83 bits per heavy atom. The van der Waals surface area contributed by atoms with Gasteiger partial charge >= 0.3 is 18.1 Å². The maximum atomic E-state index is 13.7. The van der Waals surface area contributed by atoms with E-state index in [-0.39, 0.29) is 13.1 Å². The molecule has 0 radical (unpaired) electrons. The molecular weight excluding hydrogens is 415 g/mol. The first-order valence-electron chi connectivity index (χ1n) is 8.79. The molecule has 2 heterocycles. The van der Waals surface area contributed by atoms with Crippen molar-refractivity contribution in [3.8, 4) is 0 Å². The van der Waals surface area contributed by atoms with Gasteiger partial charge in [-0.15, -0.1) is 0 Å². The molecule has 2 N–H and O–H groups in total. The first kappa shape index (κ1) is 23.5. The van der Waals surface area contributed by atoms with Crippen LogP contribution in [0.1, 0.15) is 17.7 Å². The van der Waals surface area contributed by atoms with Crippen molar-refractivity contribution in [3.05, 3.63) is 41.6 Å². The third kappa shape index (κ3) is 6.09. The Kier molecular flexibility index (Phi) is 6.96. The van der Waals surface area contributed by atoms with E-state index in [1.165, 1.54) is 0 Å². The van der Waals surface area contributed by atoms with Crippen molar-refractivity contribution in [1.82, 2.24) is 9.88 Å². The smallest absolute Gasteiger partial charge is 0.481 e. The van der Waals surface area contributed by atoms with Gasteiger partial charge in [-0.25, -0.2) is 13.6 Å². The number of fused-ring (bicyclic) bond motifs is 1. The average Bonchev–Trinajstić information content (AvgIpc) is 2.62. The molecule has 1 aliphatic rings. The van der Waals surface area contributed by atoms with Crippen molar-refractivity contribution in [2.45, 2.75) is 32.0 Å². The highest BCUT2D eigenvalue weighted by atomic mass is 19.4. The number of pyridine rings is 1. The SMILES string of the molecule is Cc1ccc2cc(CN3CCC(F)(F)C(C(=O)O)C3)ccc2n1.O=C(O)C(F)(F)F. The summed E-state index contributed by atoms with van der Waals surface area (Å²) in [5, 5.41) is 17.1. The van der Waals surface area contributed by atoms with Crippen LogP contribution in [-0.2, 0) is 16.1 Å². The molecule has 30 heavy (non-hydrogen) atoms. The maximum absolute atomic E-state index is 13.7. The number of likely N-dealkylation sites (tertiary alicyclic amines) is 1. The molecule has 11 heteroatoms. The van der Waals surface area contributed by atoms with E-state index in [1.54, 1.807) is 4.90 Å². The summed E-state index contributed by atoms with van der Waals surface area (Å²) in [5.41, 5.74) is 2.80. The number of piperidine rings is 1. The first-order chi connectivity index (χ1) is 13.8. The van der Waals surface area contributed by atoms with Gasteiger partial charge in [-0.2, -0.15) is 13.2 Å². The second-order valence-electron chi connectivity index (χ2n) is 6.92. The zero-order chi connectivity index (χ0) is 22.7. The zero-order valence-corrected chi connectivity index (χ0v) is 15.8. The molecule has 6 nitrogen and oxygen atoms in total. The van der Waals surface area contributed by atoms with Crippen LogP contribution in [-0.4, -0.2) is 57.2 Å². The van der Waals surface area contributed by atoms with Gasteiger partial charge in [0.15, 0.2) is 0 Å². The van der Waals surface area contributed by atoms with Crippen LogP contribution in [0.2, 0.25) is 0 Å². The summed E-state index contributed by atoms with van der Waals surface area (Å²) in [6, 6.07) is 9.70. The number of hydrogen-bond donors (Lipinski definition) is 2. The number of carboxylic acids is 2. The summed E-state index contributed by atoms with van der Waals surface area (Å²) < 4.78 is 59.1. The van der Waals surface area contributed by atoms with Crippen LogP contribution in [0.4, 0.5) is 22.0 Å². The average molecular weight is 434 g/mol. The van der Waals surface area contributed by atoms with E-state index >= 15 is 0 Å². The van der Waals surface area contributed by atoms with Crippen LogP contribution < -0.4 is 0 Å². The Morgan fingerprint density at radius 3 is 2.40 bits per heavy atom. The van der Waals surface area contributed by atoms with Crippen LogP contribution in [0.5, 0.6) is 0 Å². The predicted octanol–water partition coefficient (Wildman–Crippen LogP) is 3.72. The molecule has 1 unspecified atom stereocenters. The van der Waals surface area contributed by atoms with Crippen LogP contribution in [0.15, 0.2) is 30.3 Å². The fraction of sp³-hybridized carbons (Fsp3) is 0.421. The minimum atomic E-state index is -5.08. The highest BCUT2D eigenvalue weighted by molar-refractivity contribution is 5.79. The second-order valence-corrected chi connectivity index (χ2v) is 6.92. The lowest BCUT2D eigenvalue weighted by Gasteiger charge is -2.36. The molecule has 0 bridgehead atoms. The Hall–Kier alpha value is -2.82. The normalized spacial score (nSPS) is 19.1. The number of aryl methyl sites for hydroxylation is 1. The Bertz CT molecular complexity index is 933. The molecular formula is C19H19F5N2O4. The van der Waals surface area contributed by atoms with Gasteiger partial charge in [-0.3, -0.25) is 14.7 Å². The molecule has 3 rings (SSSR count). The fourth-order valence-electron chi connectivity index (χ4n) is 3.00. The Balaban J connectivity index is 0.000000396. The summed E-state index contributed by atoms with van der Waals surface area (Å²) in [6.07, 6.45) is -5.50. The third-order valence-electron chi connectivity index (χ3n) is 4.55. The van der Waals surface area contributed by atoms with Gasteiger partial charge in [0.25, 0.3) is 5.92 Å². The topological polar surface area (TPSA) is 90.7 Å². The standard InChI is InChI=1S/C17H18F2N2O2.C2HF3O2/c1-11-2-4-13-8-12(3-5-15(13)20-11)9-21-7-6-17(18,19)14(10-21)16(22)23;3-2(4,5)1(6)7/h2-5,8,14H,6-7,9-10H2,1H3,(H,22,23);(H,6,7). The minimum absolute atomic E-state index is 0.132. The van der Waals surface area contributed by atoms with Gasteiger partial charge in [-0.05, 0) is 30.7 Å². The van der Waals surface area contributed by atoms with Crippen molar-refractivity contribution in [3.63, 3.8) is 0 Å². The highest BCUT2D eigenvalue weighted by Crippen LogP contribution is 2.34. The van der Waals surface area contributed by atoms with Gasteiger partial charge in [-0.1, -0.05) is 12.1 Å². The third-order valence-corrected chi connectivity index (χ3v) is 4.55. The minimum Gasteiger partial charge on any atom is -0.481 e. The molecule has 0 spiro atoms. The van der Waals surface area contributed by atoms with Gasteiger partial charge in [0.2, 0.25) is 0 Å². The van der Waals surface area contributed by atoms with E-state index in [4.69, 9.17) is 15.0 Å². The number of aromatic nitrogens is 1. The summed E-state index contributed by atoms with van der Waals surface area (Å²) in [6.45, 7) is 2.45. The van der Waals surface area contributed by atoms with E-state index in [9.17, 15) is 26.7 Å². The molecule has 164 valence electrons. The summed E-state index contributed by atoms with van der Waals surface area (Å²) in [4.78, 5) is 26.2. The molecule has 0 saturated carbocycles. The fourth-order valence-corrected chi connectivity index (χ4v) is 3.00. The molecule has 1 saturated heterocycles. The monoisotopic (exact) mass is 434 g/mol.